The Bertz CT molecular complexity index is 1370. The molecular formula is C23H15Br2NO5S. The van der Waals surface area contributed by atoms with E-state index in [0.717, 1.165) is 5.56 Å². The van der Waals surface area contributed by atoms with Gasteiger partial charge in [0.05, 0.1) is 10.0 Å². The van der Waals surface area contributed by atoms with E-state index in [2.05, 4.69) is 37.0 Å². The second-order valence-electron chi connectivity index (χ2n) is 6.90. The van der Waals surface area contributed by atoms with Crippen LogP contribution < -0.4 is 4.18 Å². The van der Waals surface area contributed by atoms with E-state index in [1.54, 1.807) is 36.4 Å². The number of aryl methyl sites for hydroxylation is 1. The Labute approximate surface area is 201 Å². The first-order valence-electron chi connectivity index (χ1n) is 9.31. The largest absolute Gasteiger partial charge is 0.377 e. The molecule has 0 fully saturated rings. The Balaban J connectivity index is 1.79. The summed E-state index contributed by atoms with van der Waals surface area (Å²) in [5.74, 6) is -0.610. The van der Waals surface area contributed by atoms with Gasteiger partial charge in [-0.05, 0) is 53.2 Å². The normalized spacial score (nSPS) is 14.9. The molecule has 0 saturated carbocycles. The number of oxime groups is 1. The van der Waals surface area contributed by atoms with Gasteiger partial charge in [-0.2, -0.15) is 8.42 Å². The number of benzene rings is 3. The number of nitrogens with zero attached hydrogens (tertiary/aromatic N) is 1. The predicted molar refractivity (Wildman–Crippen MR) is 128 cm³/mol. The van der Waals surface area contributed by atoms with E-state index in [1.807, 2.05) is 25.1 Å². The highest BCUT2D eigenvalue weighted by Gasteiger charge is 2.28. The number of halogens is 2. The molecule has 0 saturated heterocycles. The molecule has 0 aromatic heterocycles. The minimum atomic E-state index is -4.12. The molecule has 162 valence electrons. The van der Waals surface area contributed by atoms with Gasteiger partial charge in [0.25, 0.3) is 0 Å². The van der Waals surface area contributed by atoms with E-state index in [-0.39, 0.29) is 16.2 Å². The molecule has 0 radical (unpaired) electrons. The molecule has 6 nitrogen and oxygen atoms in total. The third-order valence-electron chi connectivity index (χ3n) is 4.58. The second-order valence-corrected chi connectivity index (χ2v) is 10.2. The molecule has 4 rings (SSSR count). The molecule has 1 heterocycles. The van der Waals surface area contributed by atoms with E-state index in [4.69, 9.17) is 9.02 Å². The second kappa shape index (κ2) is 9.01. The van der Waals surface area contributed by atoms with Crippen molar-refractivity contribution in [2.75, 3.05) is 0 Å². The van der Waals surface area contributed by atoms with E-state index in [1.165, 1.54) is 18.2 Å². The predicted octanol–water partition coefficient (Wildman–Crippen LogP) is 5.63. The quantitative estimate of drug-likeness (QED) is 0.223. The van der Waals surface area contributed by atoms with E-state index in [9.17, 15) is 13.2 Å². The van der Waals surface area contributed by atoms with Crippen LogP contribution in [0.25, 0.3) is 6.08 Å². The molecule has 0 aliphatic carbocycles. The molecule has 0 amide bonds. The van der Waals surface area contributed by atoms with Gasteiger partial charge in [0.2, 0.25) is 0 Å². The number of carbonyl (C=O) groups is 1. The molecule has 9 heteroatoms. The molecule has 3 aromatic rings. The van der Waals surface area contributed by atoms with Crippen molar-refractivity contribution in [1.29, 1.82) is 0 Å². The third kappa shape index (κ3) is 4.69. The zero-order valence-corrected chi connectivity index (χ0v) is 20.6. The summed E-state index contributed by atoms with van der Waals surface area (Å²) in [4.78, 5) is 17.3. The average Bonchev–Trinajstić information content (AvgIpc) is 3.12. The zero-order chi connectivity index (χ0) is 22.9. The number of rotatable bonds is 5. The summed E-state index contributed by atoms with van der Waals surface area (Å²) in [6.45, 7) is 1.86. The van der Waals surface area contributed by atoms with Crippen LogP contribution in [0.1, 0.15) is 16.7 Å². The standard InChI is InChI=1S/C23H15Br2NO5S/c1-14-7-9-18(10-8-14)32(28,29)31-22-16(11-17(24)13-20(22)25)12-19-21(26-30-23(19)27)15-5-3-2-4-6-15/h2-13H,1H3/b19-12-. The lowest BCUT2D eigenvalue weighted by atomic mass is 10.0. The number of carbonyl (C=O) groups excluding carboxylic acids is 1. The average molecular weight is 577 g/mol. The van der Waals surface area contributed by atoms with Gasteiger partial charge in [-0.15, -0.1) is 0 Å². The Hall–Kier alpha value is -2.75. The highest BCUT2D eigenvalue weighted by molar-refractivity contribution is 9.11. The lowest BCUT2D eigenvalue weighted by Crippen LogP contribution is -2.12. The Morgan fingerprint density at radius 3 is 2.38 bits per heavy atom. The van der Waals surface area contributed by atoms with Gasteiger partial charge in [0, 0.05) is 15.6 Å². The summed E-state index contributed by atoms with van der Waals surface area (Å²) in [6, 6.07) is 18.7. The Kier molecular flexibility index (Phi) is 6.32. The van der Waals surface area contributed by atoms with Crippen LogP contribution in [-0.2, 0) is 19.8 Å². The van der Waals surface area contributed by atoms with Crippen molar-refractivity contribution >= 4 is 59.7 Å². The molecule has 0 spiro atoms. The monoisotopic (exact) mass is 575 g/mol. The molecule has 0 bridgehead atoms. The summed E-state index contributed by atoms with van der Waals surface area (Å²) in [7, 11) is -4.12. The van der Waals surface area contributed by atoms with Crippen molar-refractivity contribution in [2.45, 2.75) is 11.8 Å². The van der Waals surface area contributed by atoms with E-state index >= 15 is 0 Å². The molecular weight excluding hydrogens is 562 g/mol. The molecule has 0 atom stereocenters. The van der Waals surface area contributed by atoms with Gasteiger partial charge >= 0.3 is 16.1 Å². The Morgan fingerprint density at radius 1 is 1.00 bits per heavy atom. The van der Waals surface area contributed by atoms with Gasteiger partial charge in [0.15, 0.2) is 5.75 Å². The summed E-state index contributed by atoms with van der Waals surface area (Å²) in [5, 5.41) is 3.89. The van der Waals surface area contributed by atoms with Gasteiger partial charge in [-0.3, -0.25) is 0 Å². The summed E-state index contributed by atoms with van der Waals surface area (Å²) in [6.07, 6.45) is 1.50. The smallest absolute Gasteiger partial charge is 0.368 e. The molecule has 3 aromatic carbocycles. The van der Waals surface area contributed by atoms with Crippen LogP contribution in [-0.4, -0.2) is 20.1 Å². The van der Waals surface area contributed by atoms with Crippen molar-refractivity contribution in [3.8, 4) is 5.75 Å². The fourth-order valence-corrected chi connectivity index (χ4v) is 5.42. The van der Waals surface area contributed by atoms with Crippen LogP contribution in [0.5, 0.6) is 5.75 Å². The van der Waals surface area contributed by atoms with E-state index < -0.39 is 16.1 Å². The number of hydrogen-bond acceptors (Lipinski definition) is 6. The lowest BCUT2D eigenvalue weighted by molar-refractivity contribution is -0.136. The molecule has 1 aliphatic rings. The lowest BCUT2D eigenvalue weighted by Gasteiger charge is -2.13. The highest BCUT2D eigenvalue weighted by atomic mass is 79.9. The van der Waals surface area contributed by atoms with Crippen LogP contribution >= 0.6 is 31.9 Å². The van der Waals surface area contributed by atoms with Crippen LogP contribution in [0.15, 0.2) is 91.3 Å². The van der Waals surface area contributed by atoms with Crippen LogP contribution in [0.3, 0.4) is 0 Å². The summed E-state index contributed by atoms with van der Waals surface area (Å²) < 4.78 is 32.3. The maximum Gasteiger partial charge on any atom is 0.368 e. The van der Waals surface area contributed by atoms with Crippen molar-refractivity contribution in [2.24, 2.45) is 5.16 Å². The van der Waals surface area contributed by atoms with Crippen molar-refractivity contribution in [3.05, 3.63) is 97.9 Å². The van der Waals surface area contributed by atoms with Gasteiger partial charge in [-0.25, -0.2) is 4.79 Å². The number of hydrogen-bond donors (Lipinski definition) is 0. The van der Waals surface area contributed by atoms with Crippen LogP contribution in [0, 0.1) is 6.92 Å². The molecule has 0 unspecified atom stereocenters. The summed E-state index contributed by atoms with van der Waals surface area (Å²) >= 11 is 6.76. The first-order chi connectivity index (χ1) is 15.2. The minimum absolute atomic E-state index is 0.0170. The third-order valence-corrected chi connectivity index (χ3v) is 6.86. The maximum atomic E-state index is 12.9. The van der Waals surface area contributed by atoms with Crippen molar-refractivity contribution in [3.63, 3.8) is 0 Å². The Morgan fingerprint density at radius 2 is 1.69 bits per heavy atom. The fourth-order valence-electron chi connectivity index (χ4n) is 3.01. The van der Waals surface area contributed by atoms with Gasteiger partial charge < -0.3 is 9.02 Å². The maximum absolute atomic E-state index is 12.9. The first kappa shape index (κ1) is 22.4. The molecule has 32 heavy (non-hydrogen) atoms. The van der Waals surface area contributed by atoms with Gasteiger partial charge in [-0.1, -0.05) is 69.1 Å². The first-order valence-corrected chi connectivity index (χ1v) is 12.3. The molecule has 1 aliphatic heterocycles. The highest BCUT2D eigenvalue weighted by Crippen LogP contribution is 2.37. The van der Waals surface area contributed by atoms with E-state index in [0.29, 0.717) is 25.8 Å². The molecule has 0 N–H and O–H groups in total. The van der Waals surface area contributed by atoms with Gasteiger partial charge in [0.1, 0.15) is 10.6 Å². The van der Waals surface area contributed by atoms with Crippen LogP contribution in [0.4, 0.5) is 0 Å². The minimum Gasteiger partial charge on any atom is -0.377 e. The van der Waals surface area contributed by atoms with Crippen molar-refractivity contribution < 1.29 is 22.2 Å². The summed E-state index contributed by atoms with van der Waals surface area (Å²) in [5.41, 5.74) is 2.48. The zero-order valence-electron chi connectivity index (χ0n) is 16.6. The van der Waals surface area contributed by atoms with Crippen molar-refractivity contribution in [1.82, 2.24) is 0 Å². The SMILES string of the molecule is Cc1ccc(S(=O)(=O)Oc2c(Br)cc(Br)cc2/C=C2\C(=O)ON=C2c2ccccc2)cc1. The topological polar surface area (TPSA) is 82.0 Å². The fraction of sp³-hybridized carbons (Fsp3) is 0.0435. The van der Waals surface area contributed by atoms with Crippen LogP contribution in [0.2, 0.25) is 0 Å².